The maximum absolute atomic E-state index is 12.5. The number of hydrogen-bond donors (Lipinski definition) is 1. The summed E-state index contributed by atoms with van der Waals surface area (Å²) >= 11 is 1.39. The van der Waals surface area contributed by atoms with Crippen LogP contribution in [0.3, 0.4) is 0 Å². The molecule has 0 atom stereocenters. The molecule has 0 bridgehead atoms. The standard InChI is InChI=1S/C15H11NOS/c16-15-13(8-9-18-15)14(17)12-7-3-5-10-4-1-2-6-11(10)12/h1-9H,16H2. The Labute approximate surface area is 109 Å². The van der Waals surface area contributed by atoms with Gasteiger partial charge in [0, 0.05) is 5.56 Å². The first-order valence-electron chi connectivity index (χ1n) is 5.63. The molecule has 2 N–H and O–H groups in total. The van der Waals surface area contributed by atoms with Crippen LogP contribution < -0.4 is 5.73 Å². The van der Waals surface area contributed by atoms with Gasteiger partial charge >= 0.3 is 0 Å². The van der Waals surface area contributed by atoms with E-state index >= 15 is 0 Å². The molecule has 3 aromatic rings. The van der Waals surface area contributed by atoms with Crippen molar-refractivity contribution in [2.45, 2.75) is 0 Å². The molecule has 18 heavy (non-hydrogen) atoms. The van der Waals surface area contributed by atoms with Crippen LogP contribution in [0.2, 0.25) is 0 Å². The summed E-state index contributed by atoms with van der Waals surface area (Å²) in [5, 5.41) is 4.45. The van der Waals surface area contributed by atoms with Crippen LogP contribution in [0.4, 0.5) is 5.00 Å². The van der Waals surface area contributed by atoms with Gasteiger partial charge < -0.3 is 5.73 Å². The molecule has 0 amide bonds. The summed E-state index contributed by atoms with van der Waals surface area (Å²) in [7, 11) is 0. The number of thiophene rings is 1. The summed E-state index contributed by atoms with van der Waals surface area (Å²) in [4.78, 5) is 12.5. The van der Waals surface area contributed by atoms with E-state index in [2.05, 4.69) is 0 Å². The highest BCUT2D eigenvalue weighted by Crippen LogP contribution is 2.26. The highest BCUT2D eigenvalue weighted by Gasteiger charge is 2.15. The average molecular weight is 253 g/mol. The van der Waals surface area contributed by atoms with Crippen molar-refractivity contribution < 1.29 is 4.79 Å². The van der Waals surface area contributed by atoms with Crippen molar-refractivity contribution in [2.75, 3.05) is 5.73 Å². The third kappa shape index (κ3) is 1.69. The Morgan fingerprint density at radius 2 is 1.72 bits per heavy atom. The van der Waals surface area contributed by atoms with E-state index in [9.17, 15) is 4.79 Å². The minimum atomic E-state index is -0.00875. The molecular weight excluding hydrogens is 242 g/mol. The molecule has 0 saturated heterocycles. The average Bonchev–Trinajstić information content (AvgIpc) is 2.83. The summed E-state index contributed by atoms with van der Waals surface area (Å²) in [5.41, 5.74) is 7.12. The van der Waals surface area contributed by atoms with Crippen LogP contribution in [-0.4, -0.2) is 5.78 Å². The Kier molecular flexibility index (Phi) is 2.61. The number of carbonyl (C=O) groups is 1. The van der Waals surface area contributed by atoms with Gasteiger partial charge in [-0.25, -0.2) is 0 Å². The molecule has 0 radical (unpaired) electrons. The van der Waals surface area contributed by atoms with Gasteiger partial charge in [-0.3, -0.25) is 4.79 Å². The number of hydrogen-bond acceptors (Lipinski definition) is 3. The topological polar surface area (TPSA) is 43.1 Å². The maximum Gasteiger partial charge on any atom is 0.196 e. The SMILES string of the molecule is Nc1sccc1C(=O)c1cccc2ccccc12. The lowest BCUT2D eigenvalue weighted by molar-refractivity contribution is 0.104. The van der Waals surface area contributed by atoms with Gasteiger partial charge in [0.1, 0.15) is 0 Å². The molecule has 1 aromatic heterocycles. The van der Waals surface area contributed by atoms with Crippen LogP contribution in [0.25, 0.3) is 10.8 Å². The molecule has 1 heterocycles. The number of nitrogen functional groups attached to an aromatic ring is 1. The molecule has 0 aliphatic heterocycles. The van der Waals surface area contributed by atoms with Crippen LogP contribution in [0.5, 0.6) is 0 Å². The first-order chi connectivity index (χ1) is 8.77. The van der Waals surface area contributed by atoms with Gasteiger partial charge in [0.05, 0.1) is 10.6 Å². The number of ketones is 1. The monoisotopic (exact) mass is 253 g/mol. The van der Waals surface area contributed by atoms with Gasteiger partial charge in [0.25, 0.3) is 0 Å². The van der Waals surface area contributed by atoms with Gasteiger partial charge in [-0.15, -0.1) is 11.3 Å². The molecule has 2 aromatic carbocycles. The first-order valence-corrected chi connectivity index (χ1v) is 6.51. The Balaban J connectivity index is 2.21. The zero-order valence-corrected chi connectivity index (χ0v) is 10.4. The molecule has 0 spiro atoms. The summed E-state index contributed by atoms with van der Waals surface area (Å²) in [5.74, 6) is -0.00875. The summed E-state index contributed by atoms with van der Waals surface area (Å²) in [6, 6.07) is 15.4. The second-order valence-electron chi connectivity index (χ2n) is 4.05. The van der Waals surface area contributed by atoms with Gasteiger partial charge in [0.15, 0.2) is 5.78 Å². The predicted molar refractivity (Wildman–Crippen MR) is 76.1 cm³/mol. The lowest BCUT2D eigenvalue weighted by atomic mass is 9.98. The zero-order chi connectivity index (χ0) is 12.5. The molecule has 0 unspecified atom stereocenters. The lowest BCUT2D eigenvalue weighted by Gasteiger charge is -2.05. The van der Waals surface area contributed by atoms with Gasteiger partial charge in [-0.2, -0.15) is 0 Å². The maximum atomic E-state index is 12.5. The minimum absolute atomic E-state index is 0.00875. The third-order valence-electron chi connectivity index (χ3n) is 2.97. The van der Waals surface area contributed by atoms with Crippen molar-refractivity contribution in [3.63, 3.8) is 0 Å². The molecule has 0 fully saturated rings. The lowest BCUT2D eigenvalue weighted by Crippen LogP contribution is -2.03. The van der Waals surface area contributed by atoms with Crippen LogP contribution in [0, 0.1) is 0 Å². The summed E-state index contributed by atoms with van der Waals surface area (Å²) in [6.07, 6.45) is 0. The first kappa shape index (κ1) is 11.0. The molecule has 0 aliphatic rings. The molecule has 3 heteroatoms. The largest absolute Gasteiger partial charge is 0.390 e. The summed E-state index contributed by atoms with van der Waals surface area (Å²) in [6.45, 7) is 0. The van der Waals surface area contributed by atoms with Crippen molar-refractivity contribution >= 4 is 32.9 Å². The fraction of sp³-hybridized carbons (Fsp3) is 0. The van der Waals surface area contributed by atoms with Gasteiger partial charge in [-0.05, 0) is 22.2 Å². The molecular formula is C15H11NOS. The van der Waals surface area contributed by atoms with Gasteiger partial charge in [-0.1, -0.05) is 42.5 Å². The van der Waals surface area contributed by atoms with Crippen molar-refractivity contribution in [3.05, 3.63) is 65.0 Å². The third-order valence-corrected chi connectivity index (χ3v) is 3.72. The van der Waals surface area contributed by atoms with Crippen LogP contribution in [-0.2, 0) is 0 Å². The predicted octanol–water partition coefficient (Wildman–Crippen LogP) is 3.71. The van der Waals surface area contributed by atoms with Crippen molar-refractivity contribution in [1.29, 1.82) is 0 Å². The normalized spacial score (nSPS) is 10.7. The van der Waals surface area contributed by atoms with Crippen molar-refractivity contribution in [3.8, 4) is 0 Å². The van der Waals surface area contributed by atoms with Crippen LogP contribution in [0.1, 0.15) is 15.9 Å². The fourth-order valence-corrected chi connectivity index (χ4v) is 2.72. The van der Waals surface area contributed by atoms with Crippen LogP contribution >= 0.6 is 11.3 Å². The Morgan fingerprint density at radius 3 is 2.50 bits per heavy atom. The second-order valence-corrected chi connectivity index (χ2v) is 5.00. The van der Waals surface area contributed by atoms with E-state index < -0.39 is 0 Å². The molecule has 3 rings (SSSR count). The van der Waals surface area contributed by atoms with Crippen molar-refractivity contribution in [2.24, 2.45) is 0 Å². The molecule has 0 aliphatic carbocycles. The molecule has 2 nitrogen and oxygen atoms in total. The quantitative estimate of drug-likeness (QED) is 0.707. The Hall–Kier alpha value is -2.13. The number of anilines is 1. The smallest absolute Gasteiger partial charge is 0.196 e. The van der Waals surface area contributed by atoms with E-state index in [-0.39, 0.29) is 5.78 Å². The van der Waals surface area contributed by atoms with E-state index in [1.54, 1.807) is 6.07 Å². The van der Waals surface area contributed by atoms with E-state index in [4.69, 9.17) is 5.73 Å². The number of nitrogens with two attached hydrogens (primary N) is 1. The Morgan fingerprint density at radius 1 is 0.944 bits per heavy atom. The van der Waals surface area contributed by atoms with E-state index in [0.717, 1.165) is 10.8 Å². The zero-order valence-electron chi connectivity index (χ0n) is 9.59. The second kappa shape index (κ2) is 4.27. The van der Waals surface area contributed by atoms with Crippen LogP contribution in [0.15, 0.2) is 53.9 Å². The molecule has 0 saturated carbocycles. The Bertz CT molecular complexity index is 725. The number of fused-ring (bicyclic) bond motifs is 1. The highest BCUT2D eigenvalue weighted by atomic mass is 32.1. The van der Waals surface area contributed by atoms with Gasteiger partial charge in [0.2, 0.25) is 0 Å². The van der Waals surface area contributed by atoms with E-state index in [0.29, 0.717) is 16.1 Å². The number of benzene rings is 2. The molecule has 88 valence electrons. The van der Waals surface area contributed by atoms with E-state index in [1.165, 1.54) is 11.3 Å². The van der Waals surface area contributed by atoms with Crippen molar-refractivity contribution in [1.82, 2.24) is 0 Å². The van der Waals surface area contributed by atoms with E-state index in [1.807, 2.05) is 47.8 Å². The number of rotatable bonds is 2. The highest BCUT2D eigenvalue weighted by molar-refractivity contribution is 7.14. The minimum Gasteiger partial charge on any atom is -0.390 e. The number of carbonyl (C=O) groups excluding carboxylic acids is 1. The summed E-state index contributed by atoms with van der Waals surface area (Å²) < 4.78 is 0. The fourth-order valence-electron chi connectivity index (χ4n) is 2.08.